The number of hydrogen-bond acceptors (Lipinski definition) is 0. The third kappa shape index (κ3) is 4.40. The van der Waals surface area contributed by atoms with Gasteiger partial charge in [0.2, 0.25) is 0 Å². The predicted octanol–water partition coefficient (Wildman–Crippen LogP) is 7.74. The standard InChI is InChI=1S/C25H27F3/c1-3-5-7-17-8-10-18(11-9-17)20-13-14-21(23(26)16-20)22-15-12-19(6-4-2)24(27)25(22)28/h3,8,10,12-18H,1,4-7,9,11H2,2H3. The summed E-state index contributed by atoms with van der Waals surface area (Å²) in [6, 6.07) is 7.89. The topological polar surface area (TPSA) is 0 Å². The summed E-state index contributed by atoms with van der Waals surface area (Å²) >= 11 is 0. The van der Waals surface area contributed by atoms with Gasteiger partial charge in [0.1, 0.15) is 5.82 Å². The van der Waals surface area contributed by atoms with Crippen LogP contribution in [0.25, 0.3) is 11.1 Å². The van der Waals surface area contributed by atoms with Crippen LogP contribution in [0.5, 0.6) is 0 Å². The van der Waals surface area contributed by atoms with Crippen molar-refractivity contribution in [1.29, 1.82) is 0 Å². The van der Waals surface area contributed by atoms with E-state index in [9.17, 15) is 13.2 Å². The molecule has 1 aliphatic carbocycles. The number of rotatable bonds is 7. The van der Waals surface area contributed by atoms with E-state index in [0.717, 1.165) is 37.7 Å². The molecule has 3 heteroatoms. The lowest BCUT2D eigenvalue weighted by Crippen LogP contribution is -2.08. The normalized spacial score (nSPS) is 19.0. The van der Waals surface area contributed by atoms with Gasteiger partial charge in [0, 0.05) is 17.0 Å². The zero-order valence-corrected chi connectivity index (χ0v) is 16.4. The lowest BCUT2D eigenvalue weighted by molar-refractivity contribution is 0.484. The van der Waals surface area contributed by atoms with Crippen LogP contribution in [0.15, 0.2) is 55.1 Å². The van der Waals surface area contributed by atoms with Gasteiger partial charge in [-0.3, -0.25) is 0 Å². The molecule has 0 saturated carbocycles. The van der Waals surface area contributed by atoms with Crippen molar-refractivity contribution in [3.63, 3.8) is 0 Å². The monoisotopic (exact) mass is 384 g/mol. The van der Waals surface area contributed by atoms with E-state index in [-0.39, 0.29) is 17.0 Å². The maximum absolute atomic E-state index is 14.8. The highest BCUT2D eigenvalue weighted by Crippen LogP contribution is 2.35. The molecule has 0 aliphatic heterocycles. The average molecular weight is 384 g/mol. The molecule has 0 fully saturated rings. The van der Waals surface area contributed by atoms with Crippen molar-refractivity contribution in [2.75, 3.05) is 0 Å². The molecule has 0 N–H and O–H groups in total. The van der Waals surface area contributed by atoms with Gasteiger partial charge in [0.25, 0.3) is 0 Å². The van der Waals surface area contributed by atoms with Gasteiger partial charge in [-0.1, -0.05) is 55.8 Å². The summed E-state index contributed by atoms with van der Waals surface area (Å²) in [5.74, 6) is -1.64. The first-order valence-corrected chi connectivity index (χ1v) is 10.1. The van der Waals surface area contributed by atoms with Crippen LogP contribution >= 0.6 is 0 Å². The lowest BCUT2D eigenvalue weighted by atomic mass is 9.82. The van der Waals surface area contributed by atoms with Crippen LogP contribution in [0.2, 0.25) is 0 Å². The Balaban J connectivity index is 1.82. The zero-order chi connectivity index (χ0) is 20.1. The molecule has 28 heavy (non-hydrogen) atoms. The van der Waals surface area contributed by atoms with Crippen molar-refractivity contribution in [2.45, 2.75) is 51.4 Å². The van der Waals surface area contributed by atoms with E-state index in [2.05, 4.69) is 18.7 Å². The Hall–Kier alpha value is -2.29. The molecule has 2 atom stereocenters. The fraction of sp³-hybridized carbons (Fsp3) is 0.360. The van der Waals surface area contributed by atoms with Gasteiger partial charge in [-0.2, -0.15) is 0 Å². The van der Waals surface area contributed by atoms with E-state index in [0.29, 0.717) is 17.9 Å². The fourth-order valence-corrected chi connectivity index (χ4v) is 3.97. The van der Waals surface area contributed by atoms with Gasteiger partial charge in [-0.25, -0.2) is 13.2 Å². The number of hydrogen-bond donors (Lipinski definition) is 0. The Labute approximate surface area is 165 Å². The first kappa shape index (κ1) is 20.4. The van der Waals surface area contributed by atoms with Crippen molar-refractivity contribution in [2.24, 2.45) is 5.92 Å². The van der Waals surface area contributed by atoms with Crippen LogP contribution in [0.3, 0.4) is 0 Å². The van der Waals surface area contributed by atoms with E-state index in [1.165, 1.54) is 12.1 Å². The van der Waals surface area contributed by atoms with E-state index in [4.69, 9.17) is 0 Å². The first-order chi connectivity index (χ1) is 13.5. The molecular weight excluding hydrogens is 357 g/mol. The van der Waals surface area contributed by atoms with E-state index >= 15 is 0 Å². The number of halogens is 3. The molecule has 1 aliphatic rings. The molecule has 0 heterocycles. The van der Waals surface area contributed by atoms with E-state index in [1.54, 1.807) is 12.1 Å². The Morgan fingerprint density at radius 2 is 1.79 bits per heavy atom. The molecule has 2 aromatic rings. The van der Waals surface area contributed by atoms with Gasteiger partial charge in [-0.05, 0) is 55.2 Å². The smallest absolute Gasteiger partial charge is 0.167 e. The molecular formula is C25H27F3. The third-order valence-corrected chi connectivity index (χ3v) is 5.60. The molecule has 0 amide bonds. The molecule has 0 aromatic heterocycles. The molecule has 3 rings (SSSR count). The second-order valence-corrected chi connectivity index (χ2v) is 7.58. The van der Waals surface area contributed by atoms with Crippen LogP contribution in [-0.2, 0) is 6.42 Å². The summed E-state index contributed by atoms with van der Waals surface area (Å²) in [5, 5.41) is 0. The number of allylic oxidation sites excluding steroid dienone is 3. The first-order valence-electron chi connectivity index (χ1n) is 10.1. The predicted molar refractivity (Wildman–Crippen MR) is 110 cm³/mol. The highest BCUT2D eigenvalue weighted by molar-refractivity contribution is 5.66. The third-order valence-electron chi connectivity index (χ3n) is 5.60. The SMILES string of the molecule is C=CCCC1C=CC(c2ccc(-c3ccc(CCC)c(F)c3F)c(F)c2)CC1. The van der Waals surface area contributed by atoms with Gasteiger partial charge in [0.05, 0.1) is 0 Å². The second-order valence-electron chi connectivity index (χ2n) is 7.58. The summed E-state index contributed by atoms with van der Waals surface area (Å²) in [4.78, 5) is 0. The molecule has 148 valence electrons. The fourth-order valence-electron chi connectivity index (χ4n) is 3.97. The van der Waals surface area contributed by atoms with Gasteiger partial charge < -0.3 is 0 Å². The Bertz CT molecular complexity index is 866. The zero-order valence-electron chi connectivity index (χ0n) is 16.4. The summed E-state index contributed by atoms with van der Waals surface area (Å²) in [7, 11) is 0. The summed E-state index contributed by atoms with van der Waals surface area (Å²) in [5.41, 5.74) is 1.29. The highest BCUT2D eigenvalue weighted by atomic mass is 19.2. The number of benzene rings is 2. The molecule has 0 bridgehead atoms. The van der Waals surface area contributed by atoms with Crippen LogP contribution in [0.4, 0.5) is 13.2 Å². The average Bonchev–Trinajstić information content (AvgIpc) is 2.71. The van der Waals surface area contributed by atoms with Crippen LogP contribution in [0.1, 0.15) is 56.1 Å². The minimum Gasteiger partial charge on any atom is -0.206 e. The van der Waals surface area contributed by atoms with Gasteiger partial charge >= 0.3 is 0 Å². The lowest BCUT2D eigenvalue weighted by Gasteiger charge is -2.23. The second kappa shape index (κ2) is 9.27. The van der Waals surface area contributed by atoms with Crippen molar-refractivity contribution in [1.82, 2.24) is 0 Å². The van der Waals surface area contributed by atoms with Crippen molar-refractivity contribution < 1.29 is 13.2 Å². The van der Waals surface area contributed by atoms with E-state index in [1.807, 2.05) is 19.1 Å². The van der Waals surface area contributed by atoms with Crippen LogP contribution < -0.4 is 0 Å². The maximum atomic E-state index is 14.8. The van der Waals surface area contributed by atoms with Crippen molar-refractivity contribution >= 4 is 0 Å². The summed E-state index contributed by atoms with van der Waals surface area (Å²) < 4.78 is 43.5. The number of aryl methyl sites for hydroxylation is 1. The van der Waals surface area contributed by atoms with Gasteiger partial charge in [-0.15, -0.1) is 6.58 Å². The molecule has 0 nitrogen and oxygen atoms in total. The molecule has 0 saturated heterocycles. The molecule has 0 spiro atoms. The largest absolute Gasteiger partial charge is 0.206 e. The minimum atomic E-state index is -0.972. The molecule has 0 radical (unpaired) electrons. The van der Waals surface area contributed by atoms with Crippen LogP contribution in [0, 0.1) is 23.4 Å². The van der Waals surface area contributed by atoms with Crippen molar-refractivity contribution in [3.05, 3.63) is 83.7 Å². The minimum absolute atomic E-state index is 0.0231. The molecule has 2 aromatic carbocycles. The maximum Gasteiger partial charge on any atom is 0.167 e. The molecule has 2 unspecified atom stereocenters. The van der Waals surface area contributed by atoms with Crippen LogP contribution in [-0.4, -0.2) is 0 Å². The Kier molecular flexibility index (Phi) is 6.77. The summed E-state index contributed by atoms with van der Waals surface area (Å²) in [6.07, 6.45) is 11.6. The quantitative estimate of drug-likeness (QED) is 0.428. The summed E-state index contributed by atoms with van der Waals surface area (Å²) in [6.45, 7) is 5.67. The highest BCUT2D eigenvalue weighted by Gasteiger charge is 2.20. The van der Waals surface area contributed by atoms with E-state index < -0.39 is 17.5 Å². The van der Waals surface area contributed by atoms with Crippen molar-refractivity contribution in [3.8, 4) is 11.1 Å². The Morgan fingerprint density at radius 3 is 2.43 bits per heavy atom. The Morgan fingerprint density at radius 1 is 1.00 bits per heavy atom. The van der Waals surface area contributed by atoms with Gasteiger partial charge in [0.15, 0.2) is 11.6 Å².